The maximum atomic E-state index is 14.1. The average molecular weight is 509 g/mol. The van der Waals surface area contributed by atoms with Crippen molar-refractivity contribution in [1.29, 1.82) is 0 Å². The monoisotopic (exact) mass is 508 g/mol. The zero-order valence-corrected chi connectivity index (χ0v) is 22.4. The van der Waals surface area contributed by atoms with Crippen molar-refractivity contribution in [3.05, 3.63) is 47.7 Å². The number of nitrogens with zero attached hydrogens (tertiary/aromatic N) is 2. The van der Waals surface area contributed by atoms with E-state index in [-0.39, 0.29) is 54.7 Å². The topological polar surface area (TPSA) is 76.2 Å². The van der Waals surface area contributed by atoms with Crippen molar-refractivity contribution in [2.75, 3.05) is 20.2 Å². The van der Waals surface area contributed by atoms with Crippen molar-refractivity contribution in [1.82, 2.24) is 9.80 Å². The largest absolute Gasteiger partial charge is 0.468 e. The zero-order chi connectivity index (χ0) is 26.2. The molecule has 0 unspecified atom stereocenters. The van der Waals surface area contributed by atoms with Gasteiger partial charge >= 0.3 is 5.97 Å². The molecular formula is C30H40N2O5. The summed E-state index contributed by atoms with van der Waals surface area (Å²) in [6.45, 7) is 6.03. The van der Waals surface area contributed by atoms with E-state index >= 15 is 0 Å². The first-order chi connectivity index (χ1) is 17.8. The number of fused-ring (bicyclic) bond motifs is 1. The Kier molecular flexibility index (Phi) is 7.44. The van der Waals surface area contributed by atoms with Crippen molar-refractivity contribution >= 4 is 17.8 Å². The normalized spacial score (nSPS) is 30.1. The van der Waals surface area contributed by atoms with Gasteiger partial charge in [0, 0.05) is 31.1 Å². The number of amides is 2. The molecule has 0 bridgehead atoms. The van der Waals surface area contributed by atoms with Crippen molar-refractivity contribution in [2.45, 2.75) is 77.5 Å². The Labute approximate surface area is 220 Å². The molecule has 3 fully saturated rings. The van der Waals surface area contributed by atoms with Crippen LogP contribution in [0.15, 0.2) is 42.1 Å². The molecule has 0 aromatic heterocycles. The van der Waals surface area contributed by atoms with Crippen LogP contribution in [0.1, 0.15) is 64.4 Å². The van der Waals surface area contributed by atoms with Crippen LogP contribution in [0, 0.1) is 23.2 Å². The first-order valence-electron chi connectivity index (χ1n) is 13.9. The fourth-order valence-electron chi connectivity index (χ4n) is 6.46. The molecule has 0 spiro atoms. The summed E-state index contributed by atoms with van der Waals surface area (Å²) in [7, 11) is 1.42. The summed E-state index contributed by atoms with van der Waals surface area (Å²) < 4.78 is 12.1. The van der Waals surface area contributed by atoms with Gasteiger partial charge in [0.05, 0.1) is 25.9 Å². The molecule has 7 nitrogen and oxygen atoms in total. The Morgan fingerprint density at radius 3 is 2.43 bits per heavy atom. The van der Waals surface area contributed by atoms with E-state index in [1.165, 1.54) is 7.11 Å². The quantitative estimate of drug-likeness (QED) is 0.513. The fourth-order valence-corrected chi connectivity index (χ4v) is 6.46. The third kappa shape index (κ3) is 4.95. The van der Waals surface area contributed by atoms with Gasteiger partial charge in [0.25, 0.3) is 0 Å². The van der Waals surface area contributed by atoms with Crippen LogP contribution in [0.3, 0.4) is 0 Å². The highest BCUT2D eigenvalue weighted by Crippen LogP contribution is 2.56. The molecule has 1 aromatic rings. The van der Waals surface area contributed by atoms with Gasteiger partial charge in [-0.1, -0.05) is 44.2 Å². The van der Waals surface area contributed by atoms with E-state index in [0.29, 0.717) is 12.2 Å². The second-order valence-electron chi connectivity index (χ2n) is 11.6. The molecule has 0 radical (unpaired) electrons. The molecule has 37 heavy (non-hydrogen) atoms. The second kappa shape index (κ2) is 10.6. The second-order valence-corrected chi connectivity index (χ2v) is 11.6. The van der Waals surface area contributed by atoms with Crippen LogP contribution in [-0.4, -0.2) is 60.0 Å². The highest BCUT2D eigenvalue weighted by atomic mass is 16.5. The van der Waals surface area contributed by atoms with Gasteiger partial charge in [0.1, 0.15) is 5.41 Å². The van der Waals surface area contributed by atoms with Gasteiger partial charge in [-0.2, -0.15) is 0 Å². The maximum absolute atomic E-state index is 14.1. The number of esters is 1. The van der Waals surface area contributed by atoms with Crippen LogP contribution in [0.2, 0.25) is 0 Å². The minimum atomic E-state index is -1.10. The minimum Gasteiger partial charge on any atom is -0.468 e. The Bertz CT molecular complexity index is 1040. The molecule has 1 saturated carbocycles. The number of methoxy groups -OCH3 is 1. The van der Waals surface area contributed by atoms with E-state index in [1.807, 2.05) is 41.3 Å². The predicted molar refractivity (Wildman–Crippen MR) is 139 cm³/mol. The Morgan fingerprint density at radius 1 is 1.11 bits per heavy atom. The van der Waals surface area contributed by atoms with Crippen LogP contribution in [0.25, 0.3) is 0 Å². The minimum absolute atomic E-state index is 0.00455. The number of rotatable bonds is 7. The molecule has 5 rings (SSSR count). The van der Waals surface area contributed by atoms with Gasteiger partial charge in [-0.3, -0.25) is 14.4 Å². The molecule has 2 amide bonds. The first kappa shape index (κ1) is 26.0. The van der Waals surface area contributed by atoms with Crippen LogP contribution < -0.4 is 0 Å². The zero-order valence-electron chi connectivity index (χ0n) is 22.4. The van der Waals surface area contributed by atoms with Crippen molar-refractivity contribution < 1.29 is 23.9 Å². The number of benzene rings is 1. The van der Waals surface area contributed by atoms with Gasteiger partial charge in [-0.15, -0.1) is 0 Å². The summed E-state index contributed by atoms with van der Waals surface area (Å²) in [6.07, 6.45) is 6.90. The smallest absolute Gasteiger partial charge is 0.320 e. The Balaban J connectivity index is 1.57. The molecule has 1 aromatic carbocycles. The number of hydrogen-bond donors (Lipinski definition) is 0. The van der Waals surface area contributed by atoms with Crippen LogP contribution in [0.4, 0.5) is 0 Å². The molecule has 2 saturated heterocycles. The lowest BCUT2D eigenvalue weighted by molar-refractivity contribution is -0.182. The van der Waals surface area contributed by atoms with E-state index in [4.69, 9.17) is 9.47 Å². The lowest BCUT2D eigenvalue weighted by atomic mass is 9.64. The number of ether oxygens (including phenoxy) is 2. The Morgan fingerprint density at radius 2 is 1.81 bits per heavy atom. The summed E-state index contributed by atoms with van der Waals surface area (Å²) in [5, 5.41) is 0. The summed E-state index contributed by atoms with van der Waals surface area (Å²) in [5.41, 5.74) is 0.586. The van der Waals surface area contributed by atoms with Crippen molar-refractivity contribution in [3.8, 4) is 0 Å². The number of carbonyl (C=O) groups excluding carboxylic acids is 3. The third-order valence-corrected chi connectivity index (χ3v) is 8.61. The van der Waals surface area contributed by atoms with Crippen LogP contribution >= 0.6 is 0 Å². The van der Waals surface area contributed by atoms with Crippen molar-refractivity contribution in [3.63, 3.8) is 0 Å². The van der Waals surface area contributed by atoms with Gasteiger partial charge in [-0.05, 0) is 62.0 Å². The van der Waals surface area contributed by atoms with Crippen LogP contribution in [0.5, 0.6) is 0 Å². The third-order valence-electron chi connectivity index (χ3n) is 8.61. The molecule has 3 aliphatic heterocycles. The SMILES string of the molecule is COC(=O)[C@]12C[C@H](CC(=O)N3CCCCC3)C(=O)N(Cc3ccccc3)C1=C[C@H](C(C)C)O[C@@H]2C1CC1. The summed E-state index contributed by atoms with van der Waals surface area (Å²) >= 11 is 0. The summed E-state index contributed by atoms with van der Waals surface area (Å²) in [4.78, 5) is 45.0. The number of likely N-dealkylation sites (tertiary alicyclic amines) is 2. The molecule has 1 aliphatic carbocycles. The van der Waals surface area contributed by atoms with Gasteiger partial charge in [0.15, 0.2) is 0 Å². The average Bonchev–Trinajstić information content (AvgIpc) is 3.76. The van der Waals surface area contributed by atoms with E-state index in [0.717, 1.165) is 50.8 Å². The van der Waals surface area contributed by atoms with E-state index < -0.39 is 11.3 Å². The molecule has 0 N–H and O–H groups in total. The predicted octanol–water partition coefficient (Wildman–Crippen LogP) is 4.31. The molecule has 3 heterocycles. The van der Waals surface area contributed by atoms with E-state index in [1.54, 1.807) is 4.90 Å². The highest BCUT2D eigenvalue weighted by molar-refractivity contribution is 5.93. The number of carbonyl (C=O) groups is 3. The van der Waals surface area contributed by atoms with Gasteiger partial charge in [-0.25, -0.2) is 0 Å². The number of hydrogen-bond acceptors (Lipinski definition) is 5. The van der Waals surface area contributed by atoms with Crippen LogP contribution in [-0.2, 0) is 30.4 Å². The molecule has 200 valence electrons. The number of piperidine rings is 2. The van der Waals surface area contributed by atoms with E-state index in [2.05, 4.69) is 13.8 Å². The van der Waals surface area contributed by atoms with E-state index in [9.17, 15) is 14.4 Å². The van der Waals surface area contributed by atoms with Gasteiger partial charge < -0.3 is 19.3 Å². The van der Waals surface area contributed by atoms with Crippen molar-refractivity contribution in [2.24, 2.45) is 23.2 Å². The lowest BCUT2D eigenvalue weighted by Gasteiger charge is -2.53. The summed E-state index contributed by atoms with van der Waals surface area (Å²) in [5.74, 6) is -0.608. The molecule has 4 atom stereocenters. The highest BCUT2D eigenvalue weighted by Gasteiger charge is 2.63. The first-order valence-corrected chi connectivity index (χ1v) is 13.9. The summed E-state index contributed by atoms with van der Waals surface area (Å²) in [6, 6.07) is 9.85. The molecule has 7 heteroatoms. The Hall–Kier alpha value is -2.67. The molecular weight excluding hydrogens is 468 g/mol. The fraction of sp³-hybridized carbons (Fsp3) is 0.633. The van der Waals surface area contributed by atoms with Gasteiger partial charge in [0.2, 0.25) is 11.8 Å². The maximum Gasteiger partial charge on any atom is 0.320 e. The standard InChI is InChI=1S/C30H40N2O5/c1-20(2)24-17-25-30(29(35)36-3,27(37-24)22-12-13-22)18-23(16-26(33)31-14-8-5-9-15-31)28(34)32(25)19-21-10-6-4-7-11-21/h4,6-7,10-11,17,20,22-24,27H,5,8-9,12-16,18-19H2,1-3H3/t23-,24+,27+,30+/m0/s1. The molecule has 4 aliphatic rings. The lowest BCUT2D eigenvalue weighted by Crippen LogP contribution is -2.61.